The fraction of sp³-hybridized carbons (Fsp3) is 0.350. The minimum atomic E-state index is 0.221. The molecule has 0 spiro atoms. The Kier molecular flexibility index (Phi) is 7.14. The lowest BCUT2D eigenvalue weighted by molar-refractivity contribution is 0.409. The smallest absolute Gasteiger partial charge is 0.191 e. The van der Waals surface area contributed by atoms with Gasteiger partial charge in [-0.1, -0.05) is 17.7 Å². The number of hydrogen-bond acceptors (Lipinski definition) is 4. The molecule has 0 saturated carbocycles. The lowest BCUT2D eigenvalue weighted by Crippen LogP contribution is -2.37. The molecule has 26 heavy (non-hydrogen) atoms. The lowest BCUT2D eigenvalue weighted by Gasteiger charge is -2.14. The molecule has 2 rings (SSSR count). The van der Waals surface area contributed by atoms with Crippen LogP contribution in [0.25, 0.3) is 0 Å². The number of aliphatic imine (C=N–C) groups is 1. The molecule has 140 valence electrons. The largest absolute Gasteiger partial charge is 0.508 e. The van der Waals surface area contributed by atoms with Gasteiger partial charge in [-0.3, -0.25) is 4.99 Å². The van der Waals surface area contributed by atoms with Crippen molar-refractivity contribution >= 4 is 5.96 Å². The summed E-state index contributed by atoms with van der Waals surface area (Å²) in [5.41, 5.74) is 3.10. The van der Waals surface area contributed by atoms with E-state index in [2.05, 4.69) is 28.6 Å². The number of benzene rings is 2. The Labute approximate surface area is 154 Å². The molecular weight excluding hydrogens is 330 g/mol. The second-order valence-corrected chi connectivity index (χ2v) is 5.91. The van der Waals surface area contributed by atoms with Crippen LogP contribution >= 0.6 is 0 Å². The van der Waals surface area contributed by atoms with Gasteiger partial charge in [0.2, 0.25) is 0 Å². The minimum Gasteiger partial charge on any atom is -0.508 e. The lowest BCUT2D eigenvalue weighted by atomic mass is 10.1. The third-order valence-corrected chi connectivity index (χ3v) is 4.08. The number of phenolic OH excluding ortho intramolecular Hbond substituents is 1. The monoisotopic (exact) mass is 357 g/mol. The molecule has 0 aliphatic heterocycles. The molecule has 0 saturated heterocycles. The summed E-state index contributed by atoms with van der Waals surface area (Å²) in [6.45, 7) is 3.22. The summed E-state index contributed by atoms with van der Waals surface area (Å²) in [5.74, 6) is 2.48. The van der Waals surface area contributed by atoms with E-state index in [4.69, 9.17) is 9.47 Å². The summed E-state index contributed by atoms with van der Waals surface area (Å²) < 4.78 is 10.6. The number of aryl methyl sites for hydroxylation is 1. The van der Waals surface area contributed by atoms with Gasteiger partial charge in [-0.15, -0.1) is 0 Å². The van der Waals surface area contributed by atoms with Crippen molar-refractivity contribution in [2.24, 2.45) is 4.99 Å². The van der Waals surface area contributed by atoms with E-state index in [1.54, 1.807) is 39.5 Å². The normalized spacial score (nSPS) is 11.2. The van der Waals surface area contributed by atoms with Crippen LogP contribution in [-0.4, -0.2) is 38.9 Å². The Hall–Kier alpha value is -2.89. The number of rotatable bonds is 7. The molecule has 6 nitrogen and oxygen atoms in total. The Bertz CT molecular complexity index is 760. The zero-order valence-corrected chi connectivity index (χ0v) is 15.8. The fourth-order valence-corrected chi connectivity index (χ4v) is 2.65. The predicted octanol–water partition coefficient (Wildman–Crippen LogP) is 2.63. The standard InChI is InChI=1S/C20H27N3O3/c1-14-5-8-19(26-4)15(11-14)9-10-22-20(21-2)23-13-16-12-17(25-3)6-7-18(16)24/h5-8,11-12,24H,9-10,13H2,1-4H3,(H2,21,22,23). The number of phenols is 1. The average Bonchev–Trinajstić information content (AvgIpc) is 2.65. The third-order valence-electron chi connectivity index (χ3n) is 4.08. The Morgan fingerprint density at radius 3 is 2.54 bits per heavy atom. The van der Waals surface area contributed by atoms with Crippen molar-refractivity contribution in [1.82, 2.24) is 10.6 Å². The molecule has 2 aromatic carbocycles. The molecule has 0 amide bonds. The molecular formula is C20H27N3O3. The number of nitrogens with zero attached hydrogens (tertiary/aromatic N) is 1. The summed E-state index contributed by atoms with van der Waals surface area (Å²) >= 11 is 0. The van der Waals surface area contributed by atoms with Crippen LogP contribution in [0, 0.1) is 6.92 Å². The van der Waals surface area contributed by atoms with Crippen LogP contribution in [0.3, 0.4) is 0 Å². The maximum absolute atomic E-state index is 9.95. The summed E-state index contributed by atoms with van der Waals surface area (Å²) in [4.78, 5) is 4.22. The molecule has 0 bridgehead atoms. The molecule has 0 aliphatic rings. The zero-order chi connectivity index (χ0) is 18.9. The van der Waals surface area contributed by atoms with Crippen LogP contribution in [0.5, 0.6) is 17.2 Å². The molecule has 3 N–H and O–H groups in total. The van der Waals surface area contributed by atoms with E-state index in [-0.39, 0.29) is 5.75 Å². The second-order valence-electron chi connectivity index (χ2n) is 5.91. The quantitative estimate of drug-likeness (QED) is 0.525. The highest BCUT2D eigenvalue weighted by molar-refractivity contribution is 5.79. The number of hydrogen-bond donors (Lipinski definition) is 3. The first kappa shape index (κ1) is 19.4. The number of nitrogens with one attached hydrogen (secondary N) is 2. The average molecular weight is 357 g/mol. The Balaban J connectivity index is 1.90. The maximum Gasteiger partial charge on any atom is 0.191 e. The molecule has 0 radical (unpaired) electrons. The molecule has 0 fully saturated rings. The van der Waals surface area contributed by atoms with Crippen LogP contribution in [-0.2, 0) is 13.0 Å². The van der Waals surface area contributed by atoms with Crippen molar-refractivity contribution in [2.45, 2.75) is 19.9 Å². The SMILES string of the molecule is CN=C(NCCc1cc(C)ccc1OC)NCc1cc(OC)ccc1O. The van der Waals surface area contributed by atoms with E-state index in [1.165, 1.54) is 5.56 Å². The van der Waals surface area contributed by atoms with Crippen LogP contribution in [0.2, 0.25) is 0 Å². The van der Waals surface area contributed by atoms with Crippen molar-refractivity contribution in [3.8, 4) is 17.2 Å². The fourth-order valence-electron chi connectivity index (χ4n) is 2.65. The Morgan fingerprint density at radius 2 is 1.85 bits per heavy atom. The van der Waals surface area contributed by atoms with E-state index in [0.29, 0.717) is 24.8 Å². The highest BCUT2D eigenvalue weighted by Gasteiger charge is 2.06. The van der Waals surface area contributed by atoms with Gasteiger partial charge in [0.25, 0.3) is 0 Å². The van der Waals surface area contributed by atoms with Gasteiger partial charge in [0.05, 0.1) is 14.2 Å². The van der Waals surface area contributed by atoms with Gasteiger partial charge >= 0.3 is 0 Å². The molecule has 0 unspecified atom stereocenters. The van der Waals surface area contributed by atoms with Crippen molar-refractivity contribution < 1.29 is 14.6 Å². The van der Waals surface area contributed by atoms with Gasteiger partial charge in [-0.25, -0.2) is 0 Å². The first-order valence-corrected chi connectivity index (χ1v) is 8.51. The summed E-state index contributed by atoms with van der Waals surface area (Å²) in [6, 6.07) is 11.3. The minimum absolute atomic E-state index is 0.221. The Morgan fingerprint density at radius 1 is 1.04 bits per heavy atom. The van der Waals surface area contributed by atoms with Gasteiger partial charge in [0.15, 0.2) is 5.96 Å². The third kappa shape index (κ3) is 5.31. The van der Waals surface area contributed by atoms with Crippen molar-refractivity contribution in [2.75, 3.05) is 27.8 Å². The van der Waals surface area contributed by atoms with Crippen molar-refractivity contribution in [3.63, 3.8) is 0 Å². The summed E-state index contributed by atoms with van der Waals surface area (Å²) in [6.07, 6.45) is 0.815. The summed E-state index contributed by atoms with van der Waals surface area (Å²) in [7, 11) is 5.00. The van der Waals surface area contributed by atoms with Crippen LogP contribution in [0.4, 0.5) is 0 Å². The van der Waals surface area contributed by atoms with E-state index in [0.717, 1.165) is 23.3 Å². The summed E-state index contributed by atoms with van der Waals surface area (Å²) in [5, 5.41) is 16.4. The van der Waals surface area contributed by atoms with Gasteiger partial charge in [0.1, 0.15) is 17.2 Å². The number of aromatic hydroxyl groups is 1. The van der Waals surface area contributed by atoms with E-state index < -0.39 is 0 Å². The molecule has 0 heterocycles. The molecule has 2 aromatic rings. The number of ether oxygens (including phenoxy) is 2. The van der Waals surface area contributed by atoms with Gasteiger partial charge in [-0.05, 0) is 43.2 Å². The molecule has 0 aliphatic carbocycles. The highest BCUT2D eigenvalue weighted by Crippen LogP contribution is 2.22. The first-order chi connectivity index (χ1) is 12.6. The van der Waals surface area contributed by atoms with E-state index in [1.807, 2.05) is 12.1 Å². The van der Waals surface area contributed by atoms with Gasteiger partial charge in [-0.2, -0.15) is 0 Å². The van der Waals surface area contributed by atoms with E-state index >= 15 is 0 Å². The number of methoxy groups -OCH3 is 2. The predicted molar refractivity (Wildman–Crippen MR) is 104 cm³/mol. The zero-order valence-electron chi connectivity index (χ0n) is 15.8. The first-order valence-electron chi connectivity index (χ1n) is 8.51. The molecule has 0 atom stereocenters. The van der Waals surface area contributed by atoms with Crippen LogP contribution < -0.4 is 20.1 Å². The van der Waals surface area contributed by atoms with Crippen molar-refractivity contribution in [1.29, 1.82) is 0 Å². The van der Waals surface area contributed by atoms with E-state index in [9.17, 15) is 5.11 Å². The van der Waals surface area contributed by atoms with Crippen LogP contribution in [0.1, 0.15) is 16.7 Å². The topological polar surface area (TPSA) is 75.1 Å². The number of guanidine groups is 1. The molecule has 6 heteroatoms. The second kappa shape index (κ2) is 9.56. The van der Waals surface area contributed by atoms with Gasteiger partial charge in [0, 0.05) is 25.7 Å². The van der Waals surface area contributed by atoms with Crippen molar-refractivity contribution in [3.05, 3.63) is 53.1 Å². The van der Waals surface area contributed by atoms with Gasteiger partial charge < -0.3 is 25.2 Å². The highest BCUT2D eigenvalue weighted by atomic mass is 16.5. The van der Waals surface area contributed by atoms with Crippen LogP contribution in [0.15, 0.2) is 41.4 Å². The molecule has 0 aromatic heterocycles. The maximum atomic E-state index is 9.95.